The molecule has 0 aromatic carbocycles. The summed E-state index contributed by atoms with van der Waals surface area (Å²) >= 11 is 0. The molecule has 2 N–H and O–H groups in total. The maximum Gasteiger partial charge on any atom is 0.314 e. The molecule has 2 saturated heterocycles. The summed E-state index contributed by atoms with van der Waals surface area (Å²) in [4.78, 5) is 18.3. The molecule has 2 aliphatic rings. The van der Waals surface area contributed by atoms with E-state index >= 15 is 0 Å². The van der Waals surface area contributed by atoms with Gasteiger partial charge in [-0.15, -0.1) is 5.10 Å². The van der Waals surface area contributed by atoms with Gasteiger partial charge in [-0.1, -0.05) is 0 Å². The van der Waals surface area contributed by atoms with Crippen LogP contribution in [-0.4, -0.2) is 79.9 Å². The third-order valence-corrected chi connectivity index (χ3v) is 5.00. The second kappa shape index (κ2) is 5.98. The van der Waals surface area contributed by atoms with Crippen molar-refractivity contribution in [1.82, 2.24) is 19.7 Å². The number of methoxy groups -OCH3 is 1. The van der Waals surface area contributed by atoms with E-state index in [1.54, 1.807) is 18.9 Å². The molecule has 0 saturated carbocycles. The van der Waals surface area contributed by atoms with Crippen molar-refractivity contribution in [3.05, 3.63) is 5.82 Å². The van der Waals surface area contributed by atoms with Crippen LogP contribution in [0.25, 0.3) is 0 Å². The minimum Gasteiger partial charge on any atom is -0.467 e. The molecule has 1 spiro atoms. The van der Waals surface area contributed by atoms with Gasteiger partial charge in [0.2, 0.25) is 5.82 Å². The zero-order chi connectivity index (χ0) is 17.5. The number of carbonyl (C=O) groups excluding carboxylic acids is 1. The van der Waals surface area contributed by atoms with E-state index in [4.69, 9.17) is 9.47 Å². The van der Waals surface area contributed by atoms with Gasteiger partial charge in [0, 0.05) is 26.6 Å². The lowest BCUT2D eigenvalue weighted by molar-refractivity contribution is -0.221. The molecule has 0 radical (unpaired) electrons. The quantitative estimate of drug-likeness (QED) is 0.735. The standard InChI is InChI=1S/C15H24N4O5/c1-14(22)9-15(24-8-10(14)20)4-6-19(7-5-15)12(21)11-16-13(23-3)18(2)17-11/h10,20,22H,4-9H2,1-3H3/t10-,14-/m0/s1. The molecule has 1 aromatic heterocycles. The molecule has 3 heterocycles. The number of amides is 1. The molecule has 24 heavy (non-hydrogen) atoms. The summed E-state index contributed by atoms with van der Waals surface area (Å²) in [7, 11) is 3.14. The fraction of sp³-hybridized carbons (Fsp3) is 0.800. The first-order valence-corrected chi connectivity index (χ1v) is 8.05. The molecule has 9 nitrogen and oxygen atoms in total. The normalized spacial score (nSPS) is 29.7. The molecule has 9 heteroatoms. The van der Waals surface area contributed by atoms with Crippen molar-refractivity contribution in [3.63, 3.8) is 0 Å². The average molecular weight is 340 g/mol. The Bertz CT molecular complexity index is 621. The summed E-state index contributed by atoms with van der Waals surface area (Å²) in [6, 6.07) is 0.285. The first-order valence-electron chi connectivity index (χ1n) is 8.05. The van der Waals surface area contributed by atoms with E-state index in [9.17, 15) is 15.0 Å². The number of aliphatic hydroxyl groups is 2. The van der Waals surface area contributed by atoms with Crippen LogP contribution in [0.1, 0.15) is 36.8 Å². The van der Waals surface area contributed by atoms with Crippen LogP contribution in [-0.2, 0) is 11.8 Å². The van der Waals surface area contributed by atoms with E-state index in [-0.39, 0.29) is 24.3 Å². The maximum atomic E-state index is 12.5. The van der Waals surface area contributed by atoms with E-state index in [0.29, 0.717) is 32.4 Å². The van der Waals surface area contributed by atoms with Crippen LogP contribution in [0, 0.1) is 0 Å². The smallest absolute Gasteiger partial charge is 0.314 e. The van der Waals surface area contributed by atoms with Crippen LogP contribution in [0.15, 0.2) is 0 Å². The molecular formula is C15H24N4O5. The number of aromatic nitrogens is 3. The molecule has 2 fully saturated rings. The lowest BCUT2D eigenvalue weighted by Crippen LogP contribution is -2.59. The van der Waals surface area contributed by atoms with Crippen molar-refractivity contribution in [2.45, 2.75) is 43.5 Å². The Balaban J connectivity index is 1.65. The van der Waals surface area contributed by atoms with Crippen LogP contribution in [0.5, 0.6) is 6.01 Å². The minimum atomic E-state index is -1.17. The third-order valence-electron chi connectivity index (χ3n) is 5.00. The maximum absolute atomic E-state index is 12.5. The van der Waals surface area contributed by atoms with Crippen LogP contribution in [0.3, 0.4) is 0 Å². The molecule has 2 atom stereocenters. The summed E-state index contributed by atoms with van der Waals surface area (Å²) in [5.74, 6) is -0.136. The van der Waals surface area contributed by atoms with Gasteiger partial charge in [-0.2, -0.15) is 4.98 Å². The molecule has 3 rings (SSSR count). The van der Waals surface area contributed by atoms with Gasteiger partial charge in [0.25, 0.3) is 5.91 Å². The molecule has 2 aliphatic heterocycles. The molecule has 1 amide bonds. The van der Waals surface area contributed by atoms with Crippen molar-refractivity contribution in [3.8, 4) is 6.01 Å². The summed E-state index contributed by atoms with van der Waals surface area (Å²) < 4.78 is 12.3. The number of rotatable bonds is 2. The Morgan fingerprint density at radius 3 is 2.62 bits per heavy atom. The fourth-order valence-corrected chi connectivity index (χ4v) is 3.47. The zero-order valence-electron chi connectivity index (χ0n) is 14.2. The van der Waals surface area contributed by atoms with Gasteiger partial charge >= 0.3 is 6.01 Å². The molecule has 134 valence electrons. The lowest BCUT2D eigenvalue weighted by atomic mass is 9.76. The largest absolute Gasteiger partial charge is 0.467 e. The molecular weight excluding hydrogens is 316 g/mol. The predicted octanol–water partition coefficient (Wildman–Crippen LogP) is -0.669. The second-order valence-corrected chi connectivity index (χ2v) is 6.88. The SMILES string of the molecule is COc1nc(C(=O)N2CCC3(CC2)C[C@](C)(O)[C@@H](O)CO3)nn1C. The van der Waals surface area contributed by atoms with Crippen LogP contribution >= 0.6 is 0 Å². The van der Waals surface area contributed by atoms with Crippen LogP contribution < -0.4 is 4.74 Å². The van der Waals surface area contributed by atoms with Gasteiger partial charge < -0.3 is 24.6 Å². The van der Waals surface area contributed by atoms with E-state index in [2.05, 4.69) is 10.1 Å². The molecule has 1 aromatic rings. The number of ether oxygens (including phenoxy) is 2. The Hall–Kier alpha value is -1.71. The summed E-state index contributed by atoms with van der Waals surface area (Å²) in [6.07, 6.45) is 0.684. The number of nitrogens with zero attached hydrogens (tertiary/aromatic N) is 4. The van der Waals surface area contributed by atoms with Gasteiger partial charge in [-0.3, -0.25) is 4.79 Å². The van der Waals surface area contributed by atoms with E-state index < -0.39 is 17.3 Å². The topological polar surface area (TPSA) is 110 Å². The van der Waals surface area contributed by atoms with Crippen LogP contribution in [0.4, 0.5) is 0 Å². The summed E-state index contributed by atoms with van der Waals surface area (Å²) in [5, 5.41) is 24.2. The number of likely N-dealkylation sites (tertiary alicyclic amines) is 1. The minimum absolute atomic E-state index is 0.109. The number of piperidine rings is 1. The van der Waals surface area contributed by atoms with Gasteiger partial charge in [-0.05, 0) is 19.8 Å². The zero-order valence-corrected chi connectivity index (χ0v) is 14.2. The van der Waals surface area contributed by atoms with Gasteiger partial charge in [0.05, 0.1) is 24.9 Å². The average Bonchev–Trinajstić information content (AvgIpc) is 2.92. The second-order valence-electron chi connectivity index (χ2n) is 6.88. The highest BCUT2D eigenvalue weighted by Gasteiger charge is 2.49. The van der Waals surface area contributed by atoms with Crippen LogP contribution in [0.2, 0.25) is 0 Å². The summed E-state index contributed by atoms with van der Waals surface area (Å²) in [6.45, 7) is 2.72. The van der Waals surface area contributed by atoms with Gasteiger partial charge in [0.1, 0.15) is 6.10 Å². The van der Waals surface area contributed by atoms with E-state index in [1.807, 2.05) is 0 Å². The number of hydrogen-bond acceptors (Lipinski definition) is 7. The van der Waals surface area contributed by atoms with Crippen molar-refractivity contribution in [1.29, 1.82) is 0 Å². The van der Waals surface area contributed by atoms with Crippen molar-refractivity contribution < 1.29 is 24.5 Å². The number of hydrogen-bond donors (Lipinski definition) is 2. The van der Waals surface area contributed by atoms with Crippen molar-refractivity contribution in [2.75, 3.05) is 26.8 Å². The highest BCUT2D eigenvalue weighted by molar-refractivity contribution is 5.90. The van der Waals surface area contributed by atoms with Gasteiger partial charge in [0.15, 0.2) is 0 Å². The molecule has 0 unspecified atom stereocenters. The summed E-state index contributed by atoms with van der Waals surface area (Å²) in [5.41, 5.74) is -1.66. The number of carbonyl (C=O) groups is 1. The van der Waals surface area contributed by atoms with E-state index in [0.717, 1.165) is 0 Å². The van der Waals surface area contributed by atoms with Crippen molar-refractivity contribution in [2.24, 2.45) is 7.05 Å². The third kappa shape index (κ3) is 2.99. The Kier molecular flexibility index (Phi) is 4.27. The molecule has 0 bridgehead atoms. The number of aliphatic hydroxyl groups excluding tert-OH is 1. The lowest BCUT2D eigenvalue weighted by Gasteiger charge is -2.49. The first kappa shape index (κ1) is 17.1. The van der Waals surface area contributed by atoms with E-state index in [1.165, 1.54) is 11.8 Å². The number of aryl methyl sites for hydroxylation is 1. The Morgan fingerprint density at radius 2 is 2.08 bits per heavy atom. The Labute approximate surface area is 140 Å². The Morgan fingerprint density at radius 1 is 1.42 bits per heavy atom. The first-order chi connectivity index (χ1) is 11.3. The van der Waals surface area contributed by atoms with Gasteiger partial charge in [-0.25, -0.2) is 4.68 Å². The van der Waals surface area contributed by atoms with Crippen molar-refractivity contribution >= 4 is 5.91 Å². The fourth-order valence-electron chi connectivity index (χ4n) is 3.47. The highest BCUT2D eigenvalue weighted by atomic mass is 16.5. The molecule has 0 aliphatic carbocycles. The predicted molar refractivity (Wildman–Crippen MR) is 82.6 cm³/mol. The monoisotopic (exact) mass is 340 g/mol. The highest BCUT2D eigenvalue weighted by Crippen LogP contribution is 2.39.